The minimum absolute atomic E-state index is 0.252. The average Bonchev–Trinajstić information content (AvgIpc) is 2.18. The highest BCUT2D eigenvalue weighted by molar-refractivity contribution is 6.30. The number of hydrogen-bond acceptors (Lipinski definition) is 2. The Morgan fingerprint density at radius 2 is 2.40 bits per heavy atom. The van der Waals surface area contributed by atoms with Gasteiger partial charge < -0.3 is 5.32 Å². The van der Waals surface area contributed by atoms with E-state index in [1.807, 2.05) is 0 Å². The molecule has 0 saturated heterocycles. The van der Waals surface area contributed by atoms with E-state index in [0.29, 0.717) is 17.4 Å². The molecule has 2 amide bonds. The topological polar surface area (TPSA) is 54.0 Å². The van der Waals surface area contributed by atoms with E-state index in [-0.39, 0.29) is 6.03 Å². The van der Waals surface area contributed by atoms with Crippen molar-refractivity contribution in [3.05, 3.63) is 23.4 Å². The van der Waals surface area contributed by atoms with Crippen molar-refractivity contribution in [3.8, 4) is 0 Å². The number of rotatable bonds is 4. The number of carbonyl (C=O) groups excluding carboxylic acids is 1. The van der Waals surface area contributed by atoms with Gasteiger partial charge in [-0.15, -0.1) is 0 Å². The second-order valence-electron chi connectivity index (χ2n) is 3.09. The lowest BCUT2D eigenvalue weighted by Gasteiger charge is -2.05. The number of hydrogen-bond donors (Lipinski definition) is 2. The zero-order chi connectivity index (χ0) is 11.1. The fourth-order valence-corrected chi connectivity index (χ4v) is 1.17. The molecular weight excluding hydrogens is 214 g/mol. The highest BCUT2D eigenvalue weighted by atomic mass is 35.5. The van der Waals surface area contributed by atoms with Crippen molar-refractivity contribution >= 4 is 23.4 Å². The van der Waals surface area contributed by atoms with Crippen LogP contribution >= 0.6 is 11.6 Å². The Labute approximate surface area is 94.0 Å². The van der Waals surface area contributed by atoms with E-state index >= 15 is 0 Å². The normalized spacial score (nSPS) is 9.73. The van der Waals surface area contributed by atoms with Crippen LogP contribution in [0.15, 0.2) is 18.3 Å². The van der Waals surface area contributed by atoms with Crippen LogP contribution in [0, 0.1) is 0 Å². The van der Waals surface area contributed by atoms with Gasteiger partial charge in [-0.3, -0.25) is 5.32 Å². The van der Waals surface area contributed by atoms with Crippen LogP contribution in [0.3, 0.4) is 0 Å². The summed E-state index contributed by atoms with van der Waals surface area (Å²) in [5.74, 6) is 0.455. The number of anilines is 1. The van der Waals surface area contributed by atoms with E-state index in [2.05, 4.69) is 22.5 Å². The molecule has 2 N–H and O–H groups in total. The molecule has 0 aromatic carbocycles. The Morgan fingerprint density at radius 1 is 1.60 bits per heavy atom. The van der Waals surface area contributed by atoms with Crippen molar-refractivity contribution in [2.75, 3.05) is 11.9 Å². The molecule has 1 heterocycles. The molecule has 0 radical (unpaired) electrons. The van der Waals surface area contributed by atoms with Crippen LogP contribution in [-0.2, 0) is 0 Å². The third-order valence-corrected chi connectivity index (χ3v) is 2.01. The number of amides is 2. The summed E-state index contributed by atoms with van der Waals surface area (Å²) in [6, 6.07) is 3.00. The zero-order valence-electron chi connectivity index (χ0n) is 8.59. The first-order valence-corrected chi connectivity index (χ1v) is 5.26. The maximum absolute atomic E-state index is 11.3. The number of carbonyl (C=O) groups is 1. The van der Waals surface area contributed by atoms with Crippen LogP contribution in [0.4, 0.5) is 10.6 Å². The monoisotopic (exact) mass is 227 g/mol. The van der Waals surface area contributed by atoms with E-state index in [0.717, 1.165) is 12.8 Å². The van der Waals surface area contributed by atoms with Gasteiger partial charge in [0.1, 0.15) is 5.82 Å². The van der Waals surface area contributed by atoms with E-state index in [1.54, 1.807) is 18.3 Å². The van der Waals surface area contributed by atoms with Gasteiger partial charge in [-0.25, -0.2) is 9.78 Å². The molecule has 0 spiro atoms. The molecule has 4 nitrogen and oxygen atoms in total. The fraction of sp³-hybridized carbons (Fsp3) is 0.400. The summed E-state index contributed by atoms with van der Waals surface area (Å²) in [7, 11) is 0. The number of halogens is 1. The number of pyridine rings is 1. The quantitative estimate of drug-likeness (QED) is 0.777. The minimum Gasteiger partial charge on any atom is -0.338 e. The molecule has 0 aliphatic rings. The third kappa shape index (κ3) is 4.65. The smallest absolute Gasteiger partial charge is 0.320 e. The van der Waals surface area contributed by atoms with Gasteiger partial charge in [0.2, 0.25) is 0 Å². The molecule has 0 aliphatic heterocycles. The van der Waals surface area contributed by atoms with Crippen LogP contribution in [0.2, 0.25) is 5.02 Å². The molecule has 0 atom stereocenters. The molecule has 0 bridgehead atoms. The summed E-state index contributed by atoms with van der Waals surface area (Å²) in [6.45, 7) is 2.74. The Balaban J connectivity index is 2.37. The highest BCUT2D eigenvalue weighted by Crippen LogP contribution is 2.11. The second kappa shape index (κ2) is 6.24. The van der Waals surface area contributed by atoms with E-state index in [1.165, 1.54) is 0 Å². The standard InChI is InChI=1S/C10H14ClN3O/c1-2-3-5-13-10(15)14-9-7-8(11)4-6-12-9/h4,6-7H,2-3,5H2,1H3,(H2,12,13,14,15). The molecule has 1 aromatic rings. The largest absolute Gasteiger partial charge is 0.338 e. The zero-order valence-corrected chi connectivity index (χ0v) is 9.34. The highest BCUT2D eigenvalue weighted by Gasteiger charge is 2.01. The third-order valence-electron chi connectivity index (χ3n) is 1.78. The van der Waals surface area contributed by atoms with E-state index < -0.39 is 0 Å². The van der Waals surface area contributed by atoms with Crippen molar-refractivity contribution in [2.24, 2.45) is 0 Å². The van der Waals surface area contributed by atoms with Gasteiger partial charge in [0, 0.05) is 17.8 Å². The lowest BCUT2D eigenvalue weighted by atomic mass is 10.3. The summed E-state index contributed by atoms with van der Waals surface area (Å²) < 4.78 is 0. The van der Waals surface area contributed by atoms with Gasteiger partial charge in [0.25, 0.3) is 0 Å². The Hall–Kier alpha value is -1.29. The Morgan fingerprint density at radius 3 is 3.07 bits per heavy atom. The summed E-state index contributed by atoms with van der Waals surface area (Å²) in [5.41, 5.74) is 0. The number of nitrogens with one attached hydrogen (secondary N) is 2. The molecule has 1 rings (SSSR count). The van der Waals surface area contributed by atoms with Gasteiger partial charge >= 0.3 is 6.03 Å². The first-order chi connectivity index (χ1) is 7.22. The number of unbranched alkanes of at least 4 members (excludes halogenated alkanes) is 1. The molecule has 82 valence electrons. The Kier molecular flexibility index (Phi) is 4.90. The van der Waals surface area contributed by atoms with Gasteiger partial charge in [0.15, 0.2) is 0 Å². The molecular formula is C10H14ClN3O. The second-order valence-corrected chi connectivity index (χ2v) is 3.53. The molecule has 5 heteroatoms. The summed E-state index contributed by atoms with van der Waals surface area (Å²) in [4.78, 5) is 15.2. The van der Waals surface area contributed by atoms with E-state index in [9.17, 15) is 4.79 Å². The van der Waals surface area contributed by atoms with Crippen LogP contribution in [0.25, 0.3) is 0 Å². The molecule has 0 fully saturated rings. The first-order valence-electron chi connectivity index (χ1n) is 4.88. The predicted octanol–water partition coefficient (Wildman–Crippen LogP) is 2.66. The fourth-order valence-electron chi connectivity index (χ4n) is 1.01. The van der Waals surface area contributed by atoms with Crippen molar-refractivity contribution < 1.29 is 4.79 Å². The number of aromatic nitrogens is 1. The van der Waals surface area contributed by atoms with Crippen molar-refractivity contribution in [1.82, 2.24) is 10.3 Å². The molecule has 0 unspecified atom stereocenters. The van der Waals surface area contributed by atoms with Gasteiger partial charge in [-0.05, 0) is 18.6 Å². The van der Waals surface area contributed by atoms with Gasteiger partial charge in [-0.2, -0.15) is 0 Å². The first kappa shape index (κ1) is 11.8. The van der Waals surface area contributed by atoms with Crippen LogP contribution in [0.5, 0.6) is 0 Å². The van der Waals surface area contributed by atoms with Gasteiger partial charge in [0.05, 0.1) is 0 Å². The lowest BCUT2D eigenvalue weighted by molar-refractivity contribution is 0.252. The number of nitrogens with zero attached hydrogens (tertiary/aromatic N) is 1. The van der Waals surface area contributed by atoms with Crippen LogP contribution in [0.1, 0.15) is 19.8 Å². The van der Waals surface area contributed by atoms with Crippen molar-refractivity contribution in [3.63, 3.8) is 0 Å². The van der Waals surface area contributed by atoms with Crippen molar-refractivity contribution in [1.29, 1.82) is 0 Å². The maximum Gasteiger partial charge on any atom is 0.320 e. The minimum atomic E-state index is -0.252. The van der Waals surface area contributed by atoms with Gasteiger partial charge in [-0.1, -0.05) is 24.9 Å². The van der Waals surface area contributed by atoms with E-state index in [4.69, 9.17) is 11.6 Å². The van der Waals surface area contributed by atoms with Crippen LogP contribution < -0.4 is 10.6 Å². The van der Waals surface area contributed by atoms with Crippen molar-refractivity contribution in [2.45, 2.75) is 19.8 Å². The maximum atomic E-state index is 11.3. The summed E-state index contributed by atoms with van der Waals surface area (Å²) >= 11 is 5.74. The SMILES string of the molecule is CCCCNC(=O)Nc1cc(Cl)ccn1. The molecule has 0 aliphatic carbocycles. The average molecular weight is 228 g/mol. The molecule has 15 heavy (non-hydrogen) atoms. The number of urea groups is 1. The predicted molar refractivity (Wildman–Crippen MR) is 61.2 cm³/mol. The Bertz CT molecular complexity index is 330. The molecule has 1 aromatic heterocycles. The van der Waals surface area contributed by atoms with Crippen LogP contribution in [-0.4, -0.2) is 17.6 Å². The lowest BCUT2D eigenvalue weighted by Crippen LogP contribution is -2.29. The summed E-state index contributed by atoms with van der Waals surface area (Å²) in [6.07, 6.45) is 3.57. The molecule has 0 saturated carbocycles. The summed E-state index contributed by atoms with van der Waals surface area (Å²) in [5, 5.41) is 5.86.